The van der Waals surface area contributed by atoms with E-state index in [4.69, 9.17) is 9.47 Å². The summed E-state index contributed by atoms with van der Waals surface area (Å²) in [6, 6.07) is 5.33. The van der Waals surface area contributed by atoms with E-state index < -0.39 is 15.6 Å². The van der Waals surface area contributed by atoms with Crippen LogP contribution in [0.4, 0.5) is 5.69 Å². The second kappa shape index (κ2) is 4.59. The standard InChI is InChI=1S/C13H19NO4S/c1-9(8-19(4,15)16)14-10-5-6-11-12(7-10)18-13(2,3)17-11/h5-7,9,14H,8H2,1-4H3. The Morgan fingerprint density at radius 3 is 2.53 bits per heavy atom. The van der Waals surface area contributed by atoms with Crippen LogP contribution in [-0.4, -0.2) is 32.3 Å². The van der Waals surface area contributed by atoms with Crippen molar-refractivity contribution in [3.05, 3.63) is 18.2 Å². The molecule has 1 heterocycles. The first-order chi connectivity index (χ1) is 8.65. The fourth-order valence-electron chi connectivity index (χ4n) is 2.09. The summed E-state index contributed by atoms with van der Waals surface area (Å²) in [7, 11) is -2.99. The molecule has 6 heteroatoms. The minimum atomic E-state index is -2.99. The molecule has 1 aliphatic rings. The van der Waals surface area contributed by atoms with Crippen molar-refractivity contribution in [2.45, 2.75) is 32.6 Å². The Morgan fingerprint density at radius 2 is 1.89 bits per heavy atom. The van der Waals surface area contributed by atoms with Gasteiger partial charge in [0, 0.05) is 37.9 Å². The largest absolute Gasteiger partial charge is 0.449 e. The molecule has 5 nitrogen and oxygen atoms in total. The van der Waals surface area contributed by atoms with Crippen molar-refractivity contribution >= 4 is 15.5 Å². The molecule has 1 N–H and O–H groups in total. The normalized spacial score (nSPS) is 18.1. The SMILES string of the molecule is CC(CS(C)(=O)=O)Nc1ccc2c(c1)OC(C)(C)O2. The monoisotopic (exact) mass is 285 g/mol. The first-order valence-electron chi connectivity index (χ1n) is 6.11. The van der Waals surface area contributed by atoms with Crippen molar-refractivity contribution in [1.82, 2.24) is 0 Å². The lowest BCUT2D eigenvalue weighted by Gasteiger charge is -2.16. The lowest BCUT2D eigenvalue weighted by Crippen LogP contribution is -2.29. The maximum absolute atomic E-state index is 11.2. The third kappa shape index (κ3) is 3.76. The summed E-state index contributed by atoms with van der Waals surface area (Å²) in [4.78, 5) is 0. The summed E-state index contributed by atoms with van der Waals surface area (Å²) in [6.45, 7) is 5.51. The van der Waals surface area contributed by atoms with Crippen molar-refractivity contribution in [2.24, 2.45) is 0 Å². The third-order valence-corrected chi connectivity index (χ3v) is 3.73. The van der Waals surface area contributed by atoms with E-state index in [0.29, 0.717) is 11.5 Å². The van der Waals surface area contributed by atoms with Crippen LogP contribution in [-0.2, 0) is 9.84 Å². The van der Waals surface area contributed by atoms with Crippen LogP contribution >= 0.6 is 0 Å². The van der Waals surface area contributed by atoms with E-state index in [1.165, 1.54) is 6.26 Å². The highest BCUT2D eigenvalue weighted by Crippen LogP contribution is 2.40. The molecule has 0 spiro atoms. The molecular weight excluding hydrogens is 266 g/mol. The molecule has 106 valence electrons. The van der Waals surface area contributed by atoms with Gasteiger partial charge in [-0.2, -0.15) is 0 Å². The second-order valence-electron chi connectivity index (χ2n) is 5.40. The Kier molecular flexibility index (Phi) is 3.38. The number of fused-ring (bicyclic) bond motifs is 1. The van der Waals surface area contributed by atoms with Crippen LogP contribution in [0.1, 0.15) is 20.8 Å². The molecule has 19 heavy (non-hydrogen) atoms. The third-order valence-electron chi connectivity index (χ3n) is 2.62. The lowest BCUT2D eigenvalue weighted by molar-refractivity contribution is -0.0431. The molecule has 0 radical (unpaired) electrons. The van der Waals surface area contributed by atoms with Gasteiger partial charge in [0.2, 0.25) is 5.79 Å². The molecule has 0 saturated carbocycles. The van der Waals surface area contributed by atoms with Crippen LogP contribution in [0.25, 0.3) is 0 Å². The van der Waals surface area contributed by atoms with Crippen LogP contribution in [0.5, 0.6) is 11.5 Å². The summed E-state index contributed by atoms with van der Waals surface area (Å²) in [6.07, 6.45) is 1.23. The number of hydrogen-bond donors (Lipinski definition) is 1. The van der Waals surface area contributed by atoms with Gasteiger partial charge in [0.05, 0.1) is 5.75 Å². The molecule has 1 atom stereocenters. The van der Waals surface area contributed by atoms with Crippen LogP contribution in [0.3, 0.4) is 0 Å². The van der Waals surface area contributed by atoms with E-state index >= 15 is 0 Å². The maximum Gasteiger partial charge on any atom is 0.246 e. The van der Waals surface area contributed by atoms with Crippen LogP contribution in [0, 0.1) is 0 Å². The van der Waals surface area contributed by atoms with E-state index in [9.17, 15) is 8.42 Å². The first kappa shape index (κ1) is 14.0. The number of ether oxygens (including phenoxy) is 2. The smallest absolute Gasteiger partial charge is 0.246 e. The molecule has 0 aromatic heterocycles. The van der Waals surface area contributed by atoms with E-state index in [1.54, 1.807) is 0 Å². The zero-order chi connectivity index (χ0) is 14.3. The van der Waals surface area contributed by atoms with E-state index in [-0.39, 0.29) is 11.8 Å². The van der Waals surface area contributed by atoms with E-state index in [0.717, 1.165) is 5.69 Å². The number of rotatable bonds is 4. The van der Waals surface area contributed by atoms with Gasteiger partial charge in [-0.1, -0.05) is 0 Å². The molecule has 0 amide bonds. The average molecular weight is 285 g/mol. The summed E-state index contributed by atoms with van der Waals surface area (Å²) in [5.74, 6) is 0.805. The lowest BCUT2D eigenvalue weighted by atomic mass is 10.2. The van der Waals surface area contributed by atoms with Gasteiger partial charge in [0.25, 0.3) is 0 Å². The fourth-order valence-corrected chi connectivity index (χ4v) is 3.08. The van der Waals surface area contributed by atoms with Crippen molar-refractivity contribution < 1.29 is 17.9 Å². The van der Waals surface area contributed by atoms with Gasteiger partial charge in [-0.15, -0.1) is 0 Å². The fraction of sp³-hybridized carbons (Fsp3) is 0.538. The molecule has 0 bridgehead atoms. The number of benzene rings is 1. The molecule has 0 saturated heterocycles. The molecule has 2 rings (SSSR count). The van der Waals surface area contributed by atoms with Gasteiger partial charge in [-0.05, 0) is 19.1 Å². The van der Waals surface area contributed by atoms with Gasteiger partial charge >= 0.3 is 0 Å². The highest BCUT2D eigenvalue weighted by molar-refractivity contribution is 7.90. The quantitative estimate of drug-likeness (QED) is 0.917. The minimum absolute atomic E-state index is 0.0902. The van der Waals surface area contributed by atoms with E-state index in [2.05, 4.69) is 5.32 Å². The Balaban J connectivity index is 2.08. The maximum atomic E-state index is 11.2. The van der Waals surface area contributed by atoms with Gasteiger partial charge in [-0.3, -0.25) is 0 Å². The summed E-state index contributed by atoms with van der Waals surface area (Å²) >= 11 is 0. The van der Waals surface area contributed by atoms with Gasteiger partial charge in [0.15, 0.2) is 11.5 Å². The minimum Gasteiger partial charge on any atom is -0.449 e. The molecule has 1 aromatic carbocycles. The molecule has 1 aromatic rings. The highest BCUT2D eigenvalue weighted by Gasteiger charge is 2.31. The average Bonchev–Trinajstić information content (AvgIpc) is 2.47. The van der Waals surface area contributed by atoms with Crippen molar-refractivity contribution in [3.8, 4) is 11.5 Å². The van der Waals surface area contributed by atoms with E-state index in [1.807, 2.05) is 39.0 Å². The number of sulfone groups is 1. The van der Waals surface area contributed by atoms with Crippen LogP contribution in [0.2, 0.25) is 0 Å². The van der Waals surface area contributed by atoms with Crippen LogP contribution < -0.4 is 14.8 Å². The molecule has 1 aliphatic heterocycles. The number of anilines is 1. The zero-order valence-corrected chi connectivity index (χ0v) is 12.4. The summed E-state index contributed by atoms with van der Waals surface area (Å²) < 4.78 is 33.7. The van der Waals surface area contributed by atoms with Crippen molar-refractivity contribution in [3.63, 3.8) is 0 Å². The van der Waals surface area contributed by atoms with Gasteiger partial charge < -0.3 is 14.8 Å². The Morgan fingerprint density at radius 1 is 1.26 bits per heavy atom. The number of nitrogens with one attached hydrogen (secondary N) is 1. The molecular formula is C13H19NO4S. The molecule has 1 unspecified atom stereocenters. The summed E-state index contributed by atoms with van der Waals surface area (Å²) in [5, 5.41) is 3.14. The molecule has 0 aliphatic carbocycles. The Bertz CT molecular complexity index is 580. The van der Waals surface area contributed by atoms with Crippen LogP contribution in [0.15, 0.2) is 18.2 Å². The van der Waals surface area contributed by atoms with Gasteiger partial charge in [0.1, 0.15) is 9.84 Å². The Hall–Kier alpha value is -1.43. The predicted molar refractivity (Wildman–Crippen MR) is 74.6 cm³/mol. The molecule has 0 fully saturated rings. The number of hydrogen-bond acceptors (Lipinski definition) is 5. The highest BCUT2D eigenvalue weighted by atomic mass is 32.2. The predicted octanol–water partition coefficient (Wildman–Crippen LogP) is 2.04. The van der Waals surface area contributed by atoms with Gasteiger partial charge in [-0.25, -0.2) is 8.42 Å². The van der Waals surface area contributed by atoms with Crippen molar-refractivity contribution in [2.75, 3.05) is 17.3 Å². The first-order valence-corrected chi connectivity index (χ1v) is 8.17. The topological polar surface area (TPSA) is 64.6 Å². The second-order valence-corrected chi connectivity index (χ2v) is 7.59. The Labute approximate surface area is 113 Å². The zero-order valence-electron chi connectivity index (χ0n) is 11.6. The van der Waals surface area contributed by atoms with Crippen molar-refractivity contribution in [1.29, 1.82) is 0 Å². The summed E-state index contributed by atoms with van der Waals surface area (Å²) in [5.41, 5.74) is 0.816.